The first-order valence-electron chi connectivity index (χ1n) is 10.6. The molecular weight excluding hydrogens is 326 g/mol. The molecule has 2 amide bonds. The predicted octanol–water partition coefficient (Wildman–Crippen LogP) is 2.53. The first-order chi connectivity index (χ1) is 12.7. The van der Waals surface area contributed by atoms with E-state index in [2.05, 4.69) is 28.9 Å². The zero-order valence-corrected chi connectivity index (χ0v) is 16.4. The lowest BCUT2D eigenvalue weighted by molar-refractivity contribution is -0.138. The molecule has 3 aliphatic rings. The monoisotopic (exact) mass is 361 g/mol. The first-order valence-corrected chi connectivity index (χ1v) is 10.6. The van der Waals surface area contributed by atoms with Gasteiger partial charge in [-0.2, -0.15) is 0 Å². The van der Waals surface area contributed by atoms with Crippen molar-refractivity contribution in [2.24, 2.45) is 11.8 Å². The Morgan fingerprint density at radius 1 is 0.923 bits per heavy atom. The number of nitrogens with zero attached hydrogens (tertiary/aromatic N) is 3. The molecule has 2 aliphatic heterocycles. The molecule has 0 N–H and O–H groups in total. The lowest BCUT2D eigenvalue weighted by Gasteiger charge is -2.36. The minimum atomic E-state index is 0.208. The molecular formula is C21H35N3O2. The molecule has 2 heterocycles. The highest BCUT2D eigenvalue weighted by Crippen LogP contribution is 2.26. The smallest absolute Gasteiger partial charge is 0.226 e. The van der Waals surface area contributed by atoms with Crippen molar-refractivity contribution < 1.29 is 9.59 Å². The van der Waals surface area contributed by atoms with Crippen LogP contribution in [-0.2, 0) is 9.59 Å². The van der Waals surface area contributed by atoms with Gasteiger partial charge in [-0.15, -0.1) is 0 Å². The van der Waals surface area contributed by atoms with Gasteiger partial charge in [0.25, 0.3) is 0 Å². The number of hydrogen-bond acceptors (Lipinski definition) is 3. The van der Waals surface area contributed by atoms with Gasteiger partial charge in [0.1, 0.15) is 0 Å². The number of likely N-dealkylation sites (N-methyl/N-ethyl adjacent to an activating group) is 1. The number of carbonyl (C=O) groups is 2. The van der Waals surface area contributed by atoms with Crippen molar-refractivity contribution in [3.63, 3.8) is 0 Å². The van der Waals surface area contributed by atoms with Gasteiger partial charge in [-0.25, -0.2) is 0 Å². The van der Waals surface area contributed by atoms with Gasteiger partial charge in [-0.1, -0.05) is 19.1 Å². The van der Waals surface area contributed by atoms with Crippen LogP contribution in [0.2, 0.25) is 0 Å². The summed E-state index contributed by atoms with van der Waals surface area (Å²) in [5, 5.41) is 0. The second-order valence-electron chi connectivity index (χ2n) is 8.10. The van der Waals surface area contributed by atoms with E-state index >= 15 is 0 Å². The van der Waals surface area contributed by atoms with Crippen LogP contribution in [0.3, 0.4) is 0 Å². The third-order valence-corrected chi connectivity index (χ3v) is 6.48. The Labute approximate surface area is 158 Å². The molecule has 0 aromatic carbocycles. The maximum atomic E-state index is 12.6. The molecule has 146 valence electrons. The molecule has 26 heavy (non-hydrogen) atoms. The molecule has 1 unspecified atom stereocenters. The number of rotatable bonds is 5. The molecule has 1 atom stereocenters. The molecule has 0 spiro atoms. The fraction of sp³-hybridized carbons (Fsp3) is 0.810. The van der Waals surface area contributed by atoms with Gasteiger partial charge >= 0.3 is 0 Å². The summed E-state index contributed by atoms with van der Waals surface area (Å²) in [4.78, 5) is 31.6. The number of piperazine rings is 1. The Balaban J connectivity index is 1.34. The Hall–Kier alpha value is -1.36. The van der Waals surface area contributed by atoms with E-state index in [9.17, 15) is 9.59 Å². The van der Waals surface area contributed by atoms with Crippen molar-refractivity contribution in [1.82, 2.24) is 14.7 Å². The average molecular weight is 362 g/mol. The summed E-state index contributed by atoms with van der Waals surface area (Å²) in [6, 6.07) is 0. The van der Waals surface area contributed by atoms with Gasteiger partial charge in [-0.05, 0) is 51.0 Å². The number of allylic oxidation sites excluding steroid dienone is 2. The second-order valence-corrected chi connectivity index (χ2v) is 8.10. The van der Waals surface area contributed by atoms with Crippen molar-refractivity contribution in [1.29, 1.82) is 0 Å². The third-order valence-electron chi connectivity index (χ3n) is 6.48. The lowest BCUT2D eigenvalue weighted by atomic mass is 9.89. The van der Waals surface area contributed by atoms with Crippen LogP contribution in [0.15, 0.2) is 12.2 Å². The van der Waals surface area contributed by atoms with Gasteiger partial charge in [0, 0.05) is 51.6 Å². The number of piperidine rings is 1. The van der Waals surface area contributed by atoms with Crippen LogP contribution in [0.25, 0.3) is 0 Å². The van der Waals surface area contributed by atoms with Gasteiger partial charge in [0.15, 0.2) is 0 Å². The normalized spacial score (nSPS) is 25.5. The van der Waals surface area contributed by atoms with Crippen molar-refractivity contribution >= 4 is 11.8 Å². The Kier molecular flexibility index (Phi) is 7.12. The molecule has 3 rings (SSSR count). The van der Waals surface area contributed by atoms with Crippen LogP contribution in [0.1, 0.15) is 51.9 Å². The quantitative estimate of drug-likeness (QED) is 0.707. The second kappa shape index (κ2) is 9.54. The average Bonchev–Trinajstić information content (AvgIpc) is 2.72. The summed E-state index contributed by atoms with van der Waals surface area (Å²) in [6.07, 6.45) is 11.1. The van der Waals surface area contributed by atoms with Crippen LogP contribution in [0, 0.1) is 11.8 Å². The number of amides is 2. The van der Waals surface area contributed by atoms with Crippen molar-refractivity contribution in [2.45, 2.75) is 51.9 Å². The van der Waals surface area contributed by atoms with Crippen molar-refractivity contribution in [3.8, 4) is 0 Å². The summed E-state index contributed by atoms with van der Waals surface area (Å²) in [7, 11) is 0. The summed E-state index contributed by atoms with van der Waals surface area (Å²) in [6.45, 7) is 8.82. The molecule has 0 aromatic rings. The molecule has 2 saturated heterocycles. The maximum Gasteiger partial charge on any atom is 0.226 e. The van der Waals surface area contributed by atoms with Crippen molar-refractivity contribution in [3.05, 3.63) is 12.2 Å². The summed E-state index contributed by atoms with van der Waals surface area (Å²) in [5.41, 5.74) is 0. The summed E-state index contributed by atoms with van der Waals surface area (Å²) < 4.78 is 0. The lowest BCUT2D eigenvalue weighted by Crippen LogP contribution is -2.48. The SMILES string of the molecule is CCN1CCN(C(=O)CCC2CCN(C(=O)C3CC=CCC3)CC2)CC1. The molecule has 1 aliphatic carbocycles. The highest BCUT2D eigenvalue weighted by Gasteiger charge is 2.28. The van der Waals surface area contributed by atoms with E-state index in [1.807, 2.05) is 4.90 Å². The molecule has 5 heteroatoms. The molecule has 0 radical (unpaired) electrons. The van der Waals surface area contributed by atoms with E-state index in [0.717, 1.165) is 84.3 Å². The zero-order valence-electron chi connectivity index (χ0n) is 16.4. The van der Waals surface area contributed by atoms with Crippen LogP contribution in [0.4, 0.5) is 0 Å². The predicted molar refractivity (Wildman–Crippen MR) is 104 cm³/mol. The van der Waals surface area contributed by atoms with E-state index in [4.69, 9.17) is 0 Å². The van der Waals surface area contributed by atoms with Crippen LogP contribution >= 0.6 is 0 Å². The van der Waals surface area contributed by atoms with Gasteiger partial charge in [0.2, 0.25) is 11.8 Å². The van der Waals surface area contributed by atoms with E-state index in [1.165, 1.54) is 0 Å². The van der Waals surface area contributed by atoms with Gasteiger partial charge in [0.05, 0.1) is 0 Å². The standard InChI is InChI=1S/C21H35N3O2/c1-2-22-14-16-23(17-15-22)20(25)9-8-18-10-12-24(13-11-18)21(26)19-6-4-3-5-7-19/h3-4,18-19H,2,5-17H2,1H3. The van der Waals surface area contributed by atoms with Crippen LogP contribution in [0.5, 0.6) is 0 Å². The van der Waals surface area contributed by atoms with E-state index in [1.54, 1.807) is 0 Å². The Bertz CT molecular complexity index is 503. The van der Waals surface area contributed by atoms with E-state index < -0.39 is 0 Å². The van der Waals surface area contributed by atoms with Crippen LogP contribution in [-0.4, -0.2) is 72.3 Å². The Morgan fingerprint density at radius 3 is 2.27 bits per heavy atom. The highest BCUT2D eigenvalue weighted by molar-refractivity contribution is 5.79. The number of hydrogen-bond donors (Lipinski definition) is 0. The van der Waals surface area contributed by atoms with E-state index in [-0.39, 0.29) is 5.92 Å². The first kappa shape index (κ1) is 19.4. The number of likely N-dealkylation sites (tertiary alicyclic amines) is 1. The molecule has 0 saturated carbocycles. The number of carbonyl (C=O) groups excluding carboxylic acids is 2. The molecule has 5 nitrogen and oxygen atoms in total. The minimum Gasteiger partial charge on any atom is -0.342 e. The fourth-order valence-electron chi connectivity index (χ4n) is 4.52. The maximum absolute atomic E-state index is 12.6. The van der Waals surface area contributed by atoms with Crippen molar-refractivity contribution in [2.75, 3.05) is 45.8 Å². The summed E-state index contributed by atoms with van der Waals surface area (Å²) >= 11 is 0. The molecule has 2 fully saturated rings. The topological polar surface area (TPSA) is 43.9 Å². The Morgan fingerprint density at radius 2 is 1.65 bits per heavy atom. The van der Waals surface area contributed by atoms with Gasteiger partial charge < -0.3 is 14.7 Å². The zero-order chi connectivity index (χ0) is 18.4. The van der Waals surface area contributed by atoms with E-state index in [0.29, 0.717) is 24.2 Å². The summed E-state index contributed by atoms with van der Waals surface area (Å²) in [5.74, 6) is 1.50. The fourth-order valence-corrected chi connectivity index (χ4v) is 4.52. The van der Waals surface area contributed by atoms with Gasteiger partial charge in [-0.3, -0.25) is 9.59 Å². The third kappa shape index (κ3) is 5.09. The largest absolute Gasteiger partial charge is 0.342 e. The molecule has 0 aromatic heterocycles. The minimum absolute atomic E-state index is 0.208. The highest BCUT2D eigenvalue weighted by atomic mass is 16.2. The van der Waals surface area contributed by atoms with Crippen LogP contribution < -0.4 is 0 Å². The molecule has 0 bridgehead atoms.